The van der Waals surface area contributed by atoms with Crippen molar-refractivity contribution in [1.82, 2.24) is 15.3 Å². The van der Waals surface area contributed by atoms with E-state index >= 15 is 0 Å². The van der Waals surface area contributed by atoms with Crippen molar-refractivity contribution in [2.45, 2.75) is 6.54 Å². The molecule has 0 fully saturated rings. The molecule has 0 aliphatic rings. The highest BCUT2D eigenvalue weighted by Gasteiger charge is 2.04. The predicted molar refractivity (Wildman–Crippen MR) is 64.1 cm³/mol. The molecule has 17 heavy (non-hydrogen) atoms. The van der Waals surface area contributed by atoms with Crippen LogP contribution < -0.4 is 11.1 Å². The van der Waals surface area contributed by atoms with E-state index in [0.717, 1.165) is 5.56 Å². The lowest BCUT2D eigenvalue weighted by atomic mass is 10.2. The molecule has 0 aromatic carbocycles. The maximum Gasteiger partial charge on any atom is 0.253 e. The fourth-order valence-electron chi connectivity index (χ4n) is 1.32. The van der Waals surface area contributed by atoms with Gasteiger partial charge >= 0.3 is 0 Å². The molecule has 0 saturated heterocycles. The van der Waals surface area contributed by atoms with E-state index in [9.17, 15) is 4.79 Å². The molecular weight excluding hydrogens is 216 g/mol. The minimum absolute atomic E-state index is 0.172. The van der Waals surface area contributed by atoms with Crippen LogP contribution in [0.4, 0.5) is 5.82 Å². The maximum atomic E-state index is 11.7. The van der Waals surface area contributed by atoms with E-state index in [1.54, 1.807) is 24.5 Å². The third kappa shape index (κ3) is 3.01. The molecule has 0 unspecified atom stereocenters. The van der Waals surface area contributed by atoms with Crippen LogP contribution in [0.2, 0.25) is 0 Å². The zero-order valence-corrected chi connectivity index (χ0v) is 9.13. The first kappa shape index (κ1) is 11.1. The second kappa shape index (κ2) is 5.07. The number of amides is 1. The summed E-state index contributed by atoms with van der Waals surface area (Å²) in [4.78, 5) is 19.5. The standard InChI is InChI=1S/C12H12N4O/c13-11-2-1-10(8-15-11)12(17)16-7-9-3-5-14-6-4-9/h1-6,8H,7H2,(H2,13,15)(H,16,17). The number of rotatable bonds is 3. The summed E-state index contributed by atoms with van der Waals surface area (Å²) in [6.07, 6.45) is 4.83. The number of anilines is 1. The molecule has 2 aromatic heterocycles. The Kier molecular flexibility index (Phi) is 3.30. The Morgan fingerprint density at radius 1 is 1.24 bits per heavy atom. The quantitative estimate of drug-likeness (QED) is 0.820. The molecule has 5 nitrogen and oxygen atoms in total. The summed E-state index contributed by atoms with van der Waals surface area (Å²) in [7, 11) is 0. The smallest absolute Gasteiger partial charge is 0.253 e. The van der Waals surface area contributed by atoms with E-state index in [2.05, 4.69) is 15.3 Å². The van der Waals surface area contributed by atoms with Crippen LogP contribution >= 0.6 is 0 Å². The van der Waals surface area contributed by atoms with E-state index in [-0.39, 0.29) is 5.91 Å². The molecule has 3 N–H and O–H groups in total. The van der Waals surface area contributed by atoms with Crippen molar-refractivity contribution in [3.05, 3.63) is 54.0 Å². The number of hydrogen-bond donors (Lipinski definition) is 2. The zero-order valence-electron chi connectivity index (χ0n) is 9.13. The minimum atomic E-state index is -0.172. The number of aromatic nitrogens is 2. The van der Waals surface area contributed by atoms with Crippen molar-refractivity contribution >= 4 is 11.7 Å². The summed E-state index contributed by atoms with van der Waals surface area (Å²) in [5, 5.41) is 2.79. The van der Waals surface area contributed by atoms with Crippen molar-refractivity contribution in [1.29, 1.82) is 0 Å². The lowest BCUT2D eigenvalue weighted by molar-refractivity contribution is 0.0950. The molecule has 2 heterocycles. The van der Waals surface area contributed by atoms with Crippen LogP contribution in [0.1, 0.15) is 15.9 Å². The Labute approximate surface area is 98.7 Å². The van der Waals surface area contributed by atoms with Crippen molar-refractivity contribution in [3.8, 4) is 0 Å². The summed E-state index contributed by atoms with van der Waals surface area (Å²) < 4.78 is 0. The van der Waals surface area contributed by atoms with Gasteiger partial charge in [-0.25, -0.2) is 4.98 Å². The average molecular weight is 228 g/mol. The Morgan fingerprint density at radius 3 is 2.65 bits per heavy atom. The summed E-state index contributed by atoms with van der Waals surface area (Å²) in [5.74, 6) is 0.227. The number of nitrogens with zero attached hydrogens (tertiary/aromatic N) is 2. The van der Waals surface area contributed by atoms with E-state index in [0.29, 0.717) is 17.9 Å². The monoisotopic (exact) mass is 228 g/mol. The van der Waals surface area contributed by atoms with Crippen molar-refractivity contribution < 1.29 is 4.79 Å². The van der Waals surface area contributed by atoms with Crippen molar-refractivity contribution in [3.63, 3.8) is 0 Å². The lowest BCUT2D eigenvalue weighted by Crippen LogP contribution is -2.22. The summed E-state index contributed by atoms with van der Waals surface area (Å²) in [6.45, 7) is 0.464. The van der Waals surface area contributed by atoms with Crippen LogP contribution in [0.3, 0.4) is 0 Å². The average Bonchev–Trinajstić information content (AvgIpc) is 2.38. The van der Waals surface area contributed by atoms with Gasteiger partial charge in [-0.15, -0.1) is 0 Å². The fourth-order valence-corrected chi connectivity index (χ4v) is 1.32. The fraction of sp³-hybridized carbons (Fsp3) is 0.0833. The third-order valence-corrected chi connectivity index (χ3v) is 2.25. The molecule has 0 radical (unpaired) electrons. The normalized spacial score (nSPS) is 9.88. The Morgan fingerprint density at radius 2 is 2.00 bits per heavy atom. The molecule has 2 aromatic rings. The predicted octanol–water partition coefficient (Wildman–Crippen LogP) is 0.989. The summed E-state index contributed by atoms with van der Waals surface area (Å²) >= 11 is 0. The zero-order chi connectivity index (χ0) is 12.1. The number of nitrogens with two attached hydrogens (primary N) is 1. The van der Waals surface area contributed by atoms with Gasteiger partial charge in [-0.3, -0.25) is 9.78 Å². The van der Waals surface area contributed by atoms with Crippen LogP contribution in [0, 0.1) is 0 Å². The van der Waals surface area contributed by atoms with Crippen LogP contribution in [0.25, 0.3) is 0 Å². The van der Waals surface area contributed by atoms with Gasteiger partial charge in [0.1, 0.15) is 5.82 Å². The number of carbonyl (C=O) groups excluding carboxylic acids is 1. The second-order valence-corrected chi connectivity index (χ2v) is 3.51. The van der Waals surface area contributed by atoms with E-state index < -0.39 is 0 Å². The van der Waals surface area contributed by atoms with E-state index in [4.69, 9.17) is 5.73 Å². The van der Waals surface area contributed by atoms with Crippen LogP contribution in [0.15, 0.2) is 42.9 Å². The summed E-state index contributed by atoms with van der Waals surface area (Å²) in [5.41, 5.74) is 6.93. The largest absolute Gasteiger partial charge is 0.384 e. The molecule has 0 aliphatic carbocycles. The molecule has 5 heteroatoms. The third-order valence-electron chi connectivity index (χ3n) is 2.25. The van der Waals surface area contributed by atoms with Crippen LogP contribution in [-0.4, -0.2) is 15.9 Å². The molecule has 0 atom stereocenters. The van der Waals surface area contributed by atoms with Gasteiger partial charge in [0, 0.05) is 25.1 Å². The van der Waals surface area contributed by atoms with Gasteiger partial charge in [0.05, 0.1) is 5.56 Å². The highest BCUT2D eigenvalue weighted by atomic mass is 16.1. The Bertz CT molecular complexity index is 496. The maximum absolute atomic E-state index is 11.7. The highest BCUT2D eigenvalue weighted by Crippen LogP contribution is 2.02. The molecule has 0 bridgehead atoms. The first-order chi connectivity index (χ1) is 8.25. The van der Waals surface area contributed by atoms with Crippen molar-refractivity contribution in [2.24, 2.45) is 0 Å². The van der Waals surface area contributed by atoms with E-state index in [1.165, 1.54) is 6.20 Å². The molecule has 86 valence electrons. The van der Waals surface area contributed by atoms with Gasteiger partial charge in [-0.05, 0) is 29.8 Å². The van der Waals surface area contributed by atoms with Crippen LogP contribution in [0.5, 0.6) is 0 Å². The number of carbonyl (C=O) groups is 1. The molecule has 2 rings (SSSR count). The number of nitrogen functional groups attached to an aromatic ring is 1. The van der Waals surface area contributed by atoms with Gasteiger partial charge < -0.3 is 11.1 Å². The highest BCUT2D eigenvalue weighted by molar-refractivity contribution is 5.93. The topological polar surface area (TPSA) is 80.9 Å². The van der Waals surface area contributed by atoms with Gasteiger partial charge in [-0.2, -0.15) is 0 Å². The SMILES string of the molecule is Nc1ccc(C(=O)NCc2ccncc2)cn1. The van der Waals surface area contributed by atoms with Gasteiger partial charge in [0.25, 0.3) is 5.91 Å². The number of pyridine rings is 2. The Balaban J connectivity index is 1.96. The van der Waals surface area contributed by atoms with Crippen LogP contribution in [-0.2, 0) is 6.54 Å². The molecule has 0 aliphatic heterocycles. The molecule has 0 saturated carbocycles. The first-order valence-corrected chi connectivity index (χ1v) is 5.14. The van der Waals surface area contributed by atoms with Gasteiger partial charge in [0.2, 0.25) is 0 Å². The molecule has 0 spiro atoms. The Hall–Kier alpha value is -2.43. The molecule has 1 amide bonds. The second-order valence-electron chi connectivity index (χ2n) is 3.51. The number of hydrogen-bond acceptors (Lipinski definition) is 4. The van der Waals surface area contributed by atoms with Crippen molar-refractivity contribution in [2.75, 3.05) is 5.73 Å². The van der Waals surface area contributed by atoms with Gasteiger partial charge in [0.15, 0.2) is 0 Å². The summed E-state index contributed by atoms with van der Waals surface area (Å²) in [6, 6.07) is 6.94. The van der Waals surface area contributed by atoms with Gasteiger partial charge in [-0.1, -0.05) is 0 Å². The molecular formula is C12H12N4O. The first-order valence-electron chi connectivity index (χ1n) is 5.14. The number of nitrogens with one attached hydrogen (secondary N) is 1. The van der Waals surface area contributed by atoms with E-state index in [1.807, 2.05) is 12.1 Å². The lowest BCUT2D eigenvalue weighted by Gasteiger charge is -2.04. The minimum Gasteiger partial charge on any atom is -0.384 e.